The predicted octanol–water partition coefficient (Wildman–Crippen LogP) is 9.75. The van der Waals surface area contributed by atoms with E-state index >= 15 is 0 Å². The molecule has 2 N–H and O–H groups in total. The third-order valence-corrected chi connectivity index (χ3v) is 9.68. The molecule has 240 valence electrons. The van der Waals surface area contributed by atoms with Crippen LogP contribution in [0.2, 0.25) is 0 Å². The molecule has 0 saturated heterocycles. The van der Waals surface area contributed by atoms with Gasteiger partial charge in [0.25, 0.3) is 0 Å². The van der Waals surface area contributed by atoms with E-state index in [-0.39, 0.29) is 5.84 Å². The van der Waals surface area contributed by atoms with Gasteiger partial charge in [-0.25, -0.2) is 4.98 Å². The second kappa shape index (κ2) is 11.5. The third kappa shape index (κ3) is 4.67. The molecule has 0 aliphatic carbocycles. The van der Waals surface area contributed by atoms with Gasteiger partial charge in [-0.05, 0) is 54.6 Å². The second-order valence-electron chi connectivity index (χ2n) is 12.6. The Morgan fingerprint density at radius 1 is 0.529 bits per heavy atom. The zero-order valence-corrected chi connectivity index (χ0v) is 27.3. The molecule has 10 rings (SSSR count). The Morgan fingerprint density at radius 2 is 1.14 bits per heavy atom. The first-order valence-electron chi connectivity index (χ1n) is 16.9. The van der Waals surface area contributed by atoms with E-state index in [0.717, 1.165) is 66.4 Å². The summed E-state index contributed by atoms with van der Waals surface area (Å²) in [4.78, 5) is 17.2. The van der Waals surface area contributed by atoms with Gasteiger partial charge in [-0.3, -0.25) is 10.4 Å². The summed E-state index contributed by atoms with van der Waals surface area (Å²) in [6.07, 6.45) is 3.68. The largest absolute Gasteiger partial charge is 0.323 e. The van der Waals surface area contributed by atoms with E-state index in [2.05, 4.69) is 104 Å². The van der Waals surface area contributed by atoms with Gasteiger partial charge in [0.15, 0.2) is 5.84 Å². The molecule has 10 aromatic rings. The number of nitrogens with zero attached hydrogens (tertiary/aromatic N) is 5. The number of hydrogen-bond donors (Lipinski definition) is 2. The Morgan fingerprint density at radius 3 is 1.84 bits per heavy atom. The highest BCUT2D eigenvalue weighted by Crippen LogP contribution is 2.39. The maximum absolute atomic E-state index is 9.14. The minimum Gasteiger partial charge on any atom is -0.323 e. The number of amidine groups is 1. The van der Waals surface area contributed by atoms with Crippen molar-refractivity contribution in [2.45, 2.75) is 0 Å². The summed E-state index contributed by atoms with van der Waals surface area (Å²) in [5, 5.41) is 14.8. The van der Waals surface area contributed by atoms with Crippen molar-refractivity contribution in [1.82, 2.24) is 24.1 Å². The molecule has 6 aromatic carbocycles. The number of aromatic nitrogens is 5. The van der Waals surface area contributed by atoms with Crippen molar-refractivity contribution in [3.05, 3.63) is 175 Å². The quantitative estimate of drug-likeness (QED) is 0.146. The maximum atomic E-state index is 9.14. The number of aromatic amines is 1. The summed E-state index contributed by atoms with van der Waals surface area (Å²) in [6, 6.07) is 52.0. The fourth-order valence-corrected chi connectivity index (χ4v) is 7.42. The van der Waals surface area contributed by atoms with E-state index in [1.807, 2.05) is 79.1 Å². The van der Waals surface area contributed by atoms with Gasteiger partial charge in [-0.1, -0.05) is 97.1 Å². The van der Waals surface area contributed by atoms with Crippen LogP contribution in [0.3, 0.4) is 0 Å². The van der Waals surface area contributed by atoms with E-state index in [1.165, 1.54) is 10.8 Å². The summed E-state index contributed by atoms with van der Waals surface area (Å²) in [7, 11) is 0. The lowest BCUT2D eigenvalue weighted by atomic mass is 10.1. The fraction of sp³-hybridized carbons (Fsp3) is 0. The molecule has 0 atom stereocenters. The monoisotopic (exact) mass is 655 g/mol. The van der Waals surface area contributed by atoms with E-state index < -0.39 is 0 Å². The smallest absolute Gasteiger partial charge is 0.229 e. The number of rotatable bonds is 4. The topological polar surface area (TPSA) is 87.6 Å². The summed E-state index contributed by atoms with van der Waals surface area (Å²) >= 11 is 0. The predicted molar refractivity (Wildman–Crippen MR) is 207 cm³/mol. The first kappa shape index (κ1) is 28.9. The molecule has 0 unspecified atom stereocenters. The van der Waals surface area contributed by atoms with Crippen molar-refractivity contribution in [2.24, 2.45) is 4.99 Å². The Kier molecular flexibility index (Phi) is 6.50. The lowest BCUT2D eigenvalue weighted by Crippen LogP contribution is -2.17. The highest BCUT2D eigenvalue weighted by Gasteiger charge is 2.19. The molecule has 4 aromatic heterocycles. The van der Waals surface area contributed by atoms with Crippen LogP contribution in [0, 0.1) is 5.41 Å². The average Bonchev–Trinajstić information content (AvgIpc) is 3.69. The van der Waals surface area contributed by atoms with Crippen LogP contribution in [0.4, 0.5) is 0 Å². The molecule has 0 aliphatic rings. The minimum absolute atomic E-state index is 0.124. The van der Waals surface area contributed by atoms with Crippen molar-refractivity contribution in [2.75, 3.05) is 0 Å². The van der Waals surface area contributed by atoms with Crippen LogP contribution < -0.4 is 5.62 Å². The summed E-state index contributed by atoms with van der Waals surface area (Å²) < 4.78 is 4.62. The van der Waals surface area contributed by atoms with Gasteiger partial charge in [-0.15, -0.1) is 0 Å². The van der Waals surface area contributed by atoms with Crippen LogP contribution in [-0.2, 0) is 0 Å². The SMILES string of the molecule is N=C(N=c1nc(-c2ccccc2)c2ccccc2[nH]1)c1cccc(-n2c3ccccc3c3cc4c(cc32)c2ccccc2n4-c2ccncc2)c1. The number of benzene rings is 6. The van der Waals surface area contributed by atoms with Crippen LogP contribution in [0.15, 0.2) is 169 Å². The van der Waals surface area contributed by atoms with Gasteiger partial charge in [0.05, 0.1) is 33.3 Å². The van der Waals surface area contributed by atoms with Crippen LogP contribution in [0.5, 0.6) is 0 Å². The van der Waals surface area contributed by atoms with Gasteiger partial charge in [-0.2, -0.15) is 4.99 Å². The van der Waals surface area contributed by atoms with Crippen LogP contribution in [-0.4, -0.2) is 29.9 Å². The van der Waals surface area contributed by atoms with E-state index in [4.69, 9.17) is 15.4 Å². The number of H-pyrrole nitrogens is 1. The molecule has 0 spiro atoms. The van der Waals surface area contributed by atoms with Gasteiger partial charge in [0, 0.05) is 61.8 Å². The summed E-state index contributed by atoms with van der Waals surface area (Å²) in [6.45, 7) is 0. The molecule has 4 heterocycles. The van der Waals surface area contributed by atoms with Crippen molar-refractivity contribution in [3.63, 3.8) is 0 Å². The first-order chi connectivity index (χ1) is 25.2. The number of pyridine rings is 1. The molecule has 7 nitrogen and oxygen atoms in total. The third-order valence-electron chi connectivity index (χ3n) is 9.68. The fourth-order valence-electron chi connectivity index (χ4n) is 7.42. The molecule has 0 amide bonds. The number of nitrogens with one attached hydrogen (secondary N) is 2. The Bertz CT molecular complexity index is 3040. The van der Waals surface area contributed by atoms with E-state index in [9.17, 15) is 0 Å². The van der Waals surface area contributed by atoms with E-state index in [1.54, 1.807) is 0 Å². The van der Waals surface area contributed by atoms with Crippen molar-refractivity contribution >= 4 is 60.4 Å². The zero-order valence-electron chi connectivity index (χ0n) is 27.3. The number of para-hydroxylation sites is 3. The average molecular weight is 656 g/mol. The van der Waals surface area contributed by atoms with Gasteiger partial charge < -0.3 is 14.1 Å². The van der Waals surface area contributed by atoms with Crippen molar-refractivity contribution in [3.8, 4) is 22.6 Å². The standard InChI is InChI=1S/C44H29N7/c45-43(49-44-47-37-18-7-4-17-34(37)42(48-44)28-11-2-1-3-12-28)29-13-10-14-31(25-29)51-39-20-9-6-16-33(39)36-26-40-35(27-41(36)51)32-15-5-8-19-38(32)50(40)30-21-23-46-24-22-30/h1-27H,(H2,45,47,48,49). The first-order valence-corrected chi connectivity index (χ1v) is 16.9. The molecule has 0 bridgehead atoms. The van der Waals surface area contributed by atoms with Crippen LogP contribution in [0.25, 0.3) is 77.1 Å². The Hall–Kier alpha value is -7.12. The second-order valence-corrected chi connectivity index (χ2v) is 12.6. The molecule has 51 heavy (non-hydrogen) atoms. The Balaban J connectivity index is 1.15. The molecule has 0 fully saturated rings. The van der Waals surface area contributed by atoms with Gasteiger partial charge in [0.2, 0.25) is 5.62 Å². The molecule has 7 heteroatoms. The molecule has 0 radical (unpaired) electrons. The van der Waals surface area contributed by atoms with Gasteiger partial charge in [0.1, 0.15) is 0 Å². The highest BCUT2D eigenvalue weighted by molar-refractivity contribution is 6.19. The Labute approximate surface area is 292 Å². The minimum atomic E-state index is 0.124. The van der Waals surface area contributed by atoms with Crippen molar-refractivity contribution < 1.29 is 0 Å². The van der Waals surface area contributed by atoms with Crippen molar-refractivity contribution in [1.29, 1.82) is 5.41 Å². The molecule has 0 saturated carbocycles. The number of fused-ring (bicyclic) bond motifs is 7. The lowest BCUT2D eigenvalue weighted by Gasteiger charge is -2.10. The van der Waals surface area contributed by atoms with E-state index in [0.29, 0.717) is 11.2 Å². The zero-order chi connectivity index (χ0) is 33.9. The van der Waals surface area contributed by atoms with Gasteiger partial charge >= 0.3 is 0 Å². The van der Waals surface area contributed by atoms with Crippen LogP contribution >= 0.6 is 0 Å². The molecule has 0 aliphatic heterocycles. The van der Waals surface area contributed by atoms with Crippen LogP contribution in [0.1, 0.15) is 5.56 Å². The highest BCUT2D eigenvalue weighted by atomic mass is 15.0. The lowest BCUT2D eigenvalue weighted by molar-refractivity contribution is 1.05. The number of hydrogen-bond acceptors (Lipinski definition) is 3. The molecular weight excluding hydrogens is 627 g/mol. The normalized spacial score (nSPS) is 12.1. The molecular formula is C44H29N7. The summed E-state index contributed by atoms with van der Waals surface area (Å²) in [5.41, 5.74) is 10.3. The maximum Gasteiger partial charge on any atom is 0.229 e. The summed E-state index contributed by atoms with van der Waals surface area (Å²) in [5.74, 6) is 0.124.